The van der Waals surface area contributed by atoms with Crippen molar-refractivity contribution in [2.45, 2.75) is 18.7 Å². The lowest BCUT2D eigenvalue weighted by Gasteiger charge is -2.12. The molecule has 0 aliphatic rings. The maximum atomic E-state index is 12.4. The van der Waals surface area contributed by atoms with Gasteiger partial charge in [0.1, 0.15) is 4.90 Å². The number of aromatic nitrogens is 1. The molecule has 0 amide bonds. The molecule has 0 atom stereocenters. The Morgan fingerprint density at radius 3 is 2.62 bits per heavy atom. The Morgan fingerprint density at radius 1 is 1.29 bits per heavy atom. The van der Waals surface area contributed by atoms with Crippen molar-refractivity contribution >= 4 is 21.4 Å². The predicted octanol–water partition coefficient (Wildman–Crippen LogP) is 2.17. The summed E-state index contributed by atoms with van der Waals surface area (Å²) in [5.41, 5.74) is 6.91. The molecule has 2 rings (SSSR count). The maximum absolute atomic E-state index is 12.4. The molecule has 3 N–H and O–H groups in total. The van der Waals surface area contributed by atoms with Gasteiger partial charge >= 0.3 is 0 Å². The highest BCUT2D eigenvalue weighted by Crippen LogP contribution is 2.25. The summed E-state index contributed by atoms with van der Waals surface area (Å²) in [5.74, 6) is 0.441. The summed E-state index contributed by atoms with van der Waals surface area (Å²) < 4.78 is 32.5. The lowest BCUT2D eigenvalue weighted by molar-refractivity contribution is 0.327. The van der Waals surface area contributed by atoms with Gasteiger partial charge in [-0.25, -0.2) is 13.4 Å². The number of pyridine rings is 1. The lowest BCUT2D eigenvalue weighted by atomic mass is 10.2. The van der Waals surface area contributed by atoms with Crippen LogP contribution in [-0.2, 0) is 10.0 Å². The molecule has 0 bridgehead atoms. The summed E-state index contributed by atoms with van der Waals surface area (Å²) >= 11 is 0. The third-order valence-electron chi connectivity index (χ3n) is 2.79. The van der Waals surface area contributed by atoms with Gasteiger partial charge in [0.15, 0.2) is 0 Å². The van der Waals surface area contributed by atoms with E-state index < -0.39 is 10.0 Å². The molecule has 112 valence electrons. The number of benzene rings is 1. The highest BCUT2D eigenvalue weighted by atomic mass is 32.2. The van der Waals surface area contributed by atoms with Gasteiger partial charge in [-0.2, -0.15) is 0 Å². The van der Waals surface area contributed by atoms with Crippen LogP contribution in [0.15, 0.2) is 41.4 Å². The number of hydrogen-bond acceptors (Lipinski definition) is 5. The first-order valence-corrected chi connectivity index (χ1v) is 7.89. The van der Waals surface area contributed by atoms with Crippen molar-refractivity contribution in [2.24, 2.45) is 0 Å². The maximum Gasteiger partial charge on any atom is 0.264 e. The van der Waals surface area contributed by atoms with Gasteiger partial charge in [-0.15, -0.1) is 0 Å². The smallest absolute Gasteiger partial charge is 0.264 e. The summed E-state index contributed by atoms with van der Waals surface area (Å²) in [6.45, 7) is 4.04. The zero-order chi connectivity index (χ0) is 15.5. The van der Waals surface area contributed by atoms with E-state index in [0.717, 1.165) is 0 Å². The molecule has 0 aliphatic heterocycles. The van der Waals surface area contributed by atoms with Crippen molar-refractivity contribution in [3.05, 3.63) is 42.1 Å². The van der Waals surface area contributed by atoms with Crippen LogP contribution in [0.1, 0.15) is 12.5 Å². The average molecular weight is 307 g/mol. The van der Waals surface area contributed by atoms with E-state index >= 15 is 0 Å². The van der Waals surface area contributed by atoms with Crippen LogP contribution in [0.5, 0.6) is 5.88 Å². The molecule has 7 heteroatoms. The number of aryl methyl sites for hydroxylation is 1. The van der Waals surface area contributed by atoms with Gasteiger partial charge in [-0.3, -0.25) is 4.72 Å². The molecule has 0 saturated carbocycles. The molecule has 0 radical (unpaired) electrons. The number of nitrogens with one attached hydrogen (secondary N) is 1. The van der Waals surface area contributed by atoms with E-state index in [2.05, 4.69) is 9.71 Å². The van der Waals surface area contributed by atoms with Crippen molar-refractivity contribution in [2.75, 3.05) is 17.1 Å². The fraction of sp³-hybridized carbons (Fsp3) is 0.214. The minimum absolute atomic E-state index is 0.0823. The molecule has 1 aromatic heterocycles. The van der Waals surface area contributed by atoms with Crippen molar-refractivity contribution in [3.8, 4) is 5.88 Å². The van der Waals surface area contributed by atoms with Crippen LogP contribution in [-0.4, -0.2) is 20.0 Å². The summed E-state index contributed by atoms with van der Waals surface area (Å²) in [6.07, 6.45) is 1.40. The van der Waals surface area contributed by atoms with Crippen molar-refractivity contribution in [1.29, 1.82) is 0 Å². The van der Waals surface area contributed by atoms with Crippen LogP contribution in [0.3, 0.4) is 0 Å². The van der Waals surface area contributed by atoms with E-state index in [1.807, 2.05) is 6.92 Å². The molecule has 21 heavy (non-hydrogen) atoms. The molecule has 0 saturated heterocycles. The molecular weight excluding hydrogens is 290 g/mol. The number of nitrogens with two attached hydrogens (primary N) is 1. The number of nitrogen functional groups attached to an aromatic ring is 1. The van der Waals surface area contributed by atoms with Gasteiger partial charge < -0.3 is 10.5 Å². The molecule has 0 fully saturated rings. The normalized spacial score (nSPS) is 11.1. The molecule has 6 nitrogen and oxygen atoms in total. The van der Waals surface area contributed by atoms with Crippen molar-refractivity contribution in [1.82, 2.24) is 4.98 Å². The predicted molar refractivity (Wildman–Crippen MR) is 81.8 cm³/mol. The SMILES string of the molecule is CCOc1ccc(NS(=O)(=O)c2c(C)cccc2N)cn1. The number of anilines is 2. The molecule has 1 aromatic carbocycles. The fourth-order valence-corrected chi connectivity index (χ4v) is 3.33. The standard InChI is InChI=1S/C14H17N3O3S/c1-3-20-13-8-7-11(9-16-13)17-21(18,19)14-10(2)5-4-6-12(14)15/h4-9,17H,3,15H2,1-2H3. The first-order chi connectivity index (χ1) is 9.94. The largest absolute Gasteiger partial charge is 0.478 e. The second kappa shape index (κ2) is 6.01. The van der Waals surface area contributed by atoms with E-state index in [4.69, 9.17) is 10.5 Å². The van der Waals surface area contributed by atoms with Gasteiger partial charge in [0.05, 0.1) is 24.2 Å². The lowest BCUT2D eigenvalue weighted by Crippen LogP contribution is -2.16. The van der Waals surface area contributed by atoms with Crippen LogP contribution in [0.2, 0.25) is 0 Å². The second-order valence-electron chi connectivity index (χ2n) is 4.42. The van der Waals surface area contributed by atoms with Crippen LogP contribution in [0, 0.1) is 6.92 Å². The Kier molecular flexibility index (Phi) is 4.32. The van der Waals surface area contributed by atoms with Crippen molar-refractivity contribution in [3.63, 3.8) is 0 Å². The average Bonchev–Trinajstić information content (AvgIpc) is 2.40. The Morgan fingerprint density at radius 2 is 2.05 bits per heavy atom. The van der Waals surface area contributed by atoms with Crippen LogP contribution in [0.4, 0.5) is 11.4 Å². The number of rotatable bonds is 5. The third-order valence-corrected chi connectivity index (χ3v) is 4.39. The first-order valence-electron chi connectivity index (χ1n) is 6.41. The van der Waals surface area contributed by atoms with Gasteiger partial charge in [0.2, 0.25) is 5.88 Å². The molecule has 0 spiro atoms. The number of sulfonamides is 1. The molecule has 0 unspecified atom stereocenters. The Balaban J connectivity index is 2.29. The van der Waals surface area contributed by atoms with E-state index in [-0.39, 0.29) is 10.6 Å². The Labute approximate surface area is 124 Å². The monoisotopic (exact) mass is 307 g/mol. The van der Waals surface area contributed by atoms with Gasteiger partial charge in [-0.1, -0.05) is 12.1 Å². The fourth-order valence-electron chi connectivity index (χ4n) is 1.92. The second-order valence-corrected chi connectivity index (χ2v) is 6.04. The quantitative estimate of drug-likeness (QED) is 0.826. The van der Waals surface area contributed by atoms with E-state index in [0.29, 0.717) is 23.7 Å². The minimum Gasteiger partial charge on any atom is -0.478 e. The molecule has 2 aromatic rings. The zero-order valence-corrected chi connectivity index (χ0v) is 12.6. The van der Waals surface area contributed by atoms with Gasteiger partial charge in [0.25, 0.3) is 10.0 Å². The van der Waals surface area contributed by atoms with E-state index in [1.165, 1.54) is 6.20 Å². The topological polar surface area (TPSA) is 94.3 Å². The number of hydrogen-bond donors (Lipinski definition) is 2. The highest BCUT2D eigenvalue weighted by molar-refractivity contribution is 7.93. The Hall–Kier alpha value is -2.28. The van der Waals surface area contributed by atoms with E-state index in [9.17, 15) is 8.42 Å². The summed E-state index contributed by atoms with van der Waals surface area (Å²) in [5, 5.41) is 0. The molecular formula is C14H17N3O3S. The summed E-state index contributed by atoms with van der Waals surface area (Å²) in [7, 11) is -3.76. The molecule has 1 heterocycles. The van der Waals surface area contributed by atoms with Crippen LogP contribution in [0.25, 0.3) is 0 Å². The Bertz CT molecular complexity index is 707. The van der Waals surface area contributed by atoms with Crippen LogP contribution < -0.4 is 15.2 Å². The molecule has 0 aliphatic carbocycles. The van der Waals surface area contributed by atoms with Crippen molar-refractivity contribution < 1.29 is 13.2 Å². The zero-order valence-electron chi connectivity index (χ0n) is 11.8. The first kappa shape index (κ1) is 15.1. The van der Waals surface area contributed by atoms with Gasteiger partial charge in [0, 0.05) is 6.07 Å². The highest BCUT2D eigenvalue weighted by Gasteiger charge is 2.20. The summed E-state index contributed by atoms with van der Waals surface area (Å²) in [6, 6.07) is 8.15. The van der Waals surface area contributed by atoms with E-state index in [1.54, 1.807) is 37.3 Å². The third kappa shape index (κ3) is 3.43. The minimum atomic E-state index is -3.76. The number of ether oxygens (including phenoxy) is 1. The number of nitrogens with zero attached hydrogens (tertiary/aromatic N) is 1. The van der Waals surface area contributed by atoms with Crippen LogP contribution >= 0.6 is 0 Å². The van der Waals surface area contributed by atoms with Gasteiger partial charge in [-0.05, 0) is 31.5 Å². The summed E-state index contributed by atoms with van der Waals surface area (Å²) in [4.78, 5) is 4.09.